The number of imidazole rings is 1. The maximum absolute atomic E-state index is 6.02. The number of nitrogens with zero attached hydrogens (tertiary/aromatic N) is 3. The molecule has 5 nitrogen and oxygen atoms in total. The second-order valence-electron chi connectivity index (χ2n) is 4.59. The van der Waals surface area contributed by atoms with E-state index in [0.29, 0.717) is 5.69 Å². The molecule has 2 heterocycles. The van der Waals surface area contributed by atoms with E-state index in [-0.39, 0.29) is 0 Å². The minimum Gasteiger partial charge on any atom is -0.395 e. The third-order valence-corrected chi connectivity index (χ3v) is 4.09. The number of nitrogens with two attached hydrogens (primary N) is 1. The van der Waals surface area contributed by atoms with Gasteiger partial charge in [0.2, 0.25) is 0 Å². The molecule has 3 rings (SSSR count). The van der Waals surface area contributed by atoms with Crippen LogP contribution in [0.2, 0.25) is 0 Å². The number of aromatic nitrogens is 4. The summed E-state index contributed by atoms with van der Waals surface area (Å²) in [6.45, 7) is 3.97. The number of rotatable bonds is 2. The van der Waals surface area contributed by atoms with E-state index in [2.05, 4.69) is 34.1 Å². The van der Waals surface area contributed by atoms with Gasteiger partial charge in [0.25, 0.3) is 0 Å². The fourth-order valence-corrected chi connectivity index (χ4v) is 2.93. The number of benzene rings is 1. The summed E-state index contributed by atoms with van der Waals surface area (Å²) in [5.41, 5.74) is 10.8. The second-order valence-corrected chi connectivity index (χ2v) is 5.57. The molecule has 2 aromatic heterocycles. The summed E-state index contributed by atoms with van der Waals surface area (Å²) in [5.74, 6) is 0. The number of nitrogens with one attached hydrogen (secondary N) is 1. The van der Waals surface area contributed by atoms with Gasteiger partial charge >= 0.3 is 0 Å². The van der Waals surface area contributed by atoms with Crippen LogP contribution in [0.1, 0.15) is 11.3 Å². The average molecular weight is 273 g/mol. The fraction of sp³-hybridized carbons (Fsp3) is 0.231. The zero-order chi connectivity index (χ0) is 13.6. The Balaban J connectivity index is 2.01. The Labute approximate surface area is 115 Å². The molecule has 0 fully saturated rings. The molecule has 0 amide bonds. The van der Waals surface area contributed by atoms with Crippen molar-refractivity contribution in [2.75, 3.05) is 5.73 Å². The molecule has 0 aliphatic rings. The first-order valence-electron chi connectivity index (χ1n) is 5.98. The van der Waals surface area contributed by atoms with E-state index in [0.717, 1.165) is 26.9 Å². The molecule has 0 bridgehead atoms. The van der Waals surface area contributed by atoms with Crippen LogP contribution in [-0.2, 0) is 7.05 Å². The predicted octanol–water partition coefficient (Wildman–Crippen LogP) is 2.65. The Morgan fingerprint density at radius 3 is 2.79 bits per heavy atom. The lowest BCUT2D eigenvalue weighted by molar-refractivity contribution is 0.692. The van der Waals surface area contributed by atoms with Crippen molar-refractivity contribution in [1.82, 2.24) is 19.7 Å². The molecule has 6 heteroatoms. The Morgan fingerprint density at radius 1 is 1.32 bits per heavy atom. The van der Waals surface area contributed by atoms with Crippen LogP contribution in [0.3, 0.4) is 0 Å². The molecule has 3 N–H and O–H groups in total. The van der Waals surface area contributed by atoms with E-state index in [1.807, 2.05) is 20.0 Å². The van der Waals surface area contributed by atoms with Crippen molar-refractivity contribution in [3.63, 3.8) is 0 Å². The molecular weight excluding hydrogens is 258 g/mol. The highest BCUT2D eigenvalue weighted by Crippen LogP contribution is 2.32. The van der Waals surface area contributed by atoms with Crippen LogP contribution in [0.4, 0.5) is 5.69 Å². The molecule has 19 heavy (non-hydrogen) atoms. The topological polar surface area (TPSA) is 72.5 Å². The number of anilines is 1. The molecule has 0 radical (unpaired) electrons. The van der Waals surface area contributed by atoms with E-state index < -0.39 is 0 Å². The molecule has 0 saturated heterocycles. The molecule has 0 aliphatic carbocycles. The zero-order valence-corrected chi connectivity index (χ0v) is 11.9. The lowest BCUT2D eigenvalue weighted by Crippen LogP contribution is -1.94. The lowest BCUT2D eigenvalue weighted by atomic mass is 10.2. The number of aromatic amines is 1. The summed E-state index contributed by atoms with van der Waals surface area (Å²) in [5, 5.41) is 6.04. The molecule has 0 unspecified atom stereocenters. The van der Waals surface area contributed by atoms with Gasteiger partial charge in [0.05, 0.1) is 22.4 Å². The van der Waals surface area contributed by atoms with Crippen LogP contribution < -0.4 is 5.73 Å². The molecule has 0 aliphatic heterocycles. The summed E-state index contributed by atoms with van der Waals surface area (Å²) in [4.78, 5) is 7.86. The Kier molecular flexibility index (Phi) is 2.74. The van der Waals surface area contributed by atoms with Gasteiger partial charge in [-0.15, -0.1) is 0 Å². The minimum atomic E-state index is 0.712. The number of nitrogen functional groups attached to an aromatic ring is 1. The van der Waals surface area contributed by atoms with Crippen LogP contribution in [0, 0.1) is 13.8 Å². The molecule has 1 aromatic carbocycles. The quantitative estimate of drug-likeness (QED) is 0.753. The SMILES string of the molecule is Cc1ccc2nc(Sc3c(N)c(C)nn3C)[nH]c2c1. The van der Waals surface area contributed by atoms with Crippen molar-refractivity contribution in [2.24, 2.45) is 7.05 Å². The normalized spacial score (nSPS) is 11.3. The maximum Gasteiger partial charge on any atom is 0.172 e. The van der Waals surface area contributed by atoms with E-state index in [4.69, 9.17) is 5.73 Å². The smallest absolute Gasteiger partial charge is 0.172 e. The van der Waals surface area contributed by atoms with Crippen molar-refractivity contribution in [3.05, 3.63) is 29.5 Å². The number of aryl methyl sites for hydroxylation is 3. The summed E-state index contributed by atoms with van der Waals surface area (Å²) < 4.78 is 1.79. The molecule has 98 valence electrons. The predicted molar refractivity (Wildman–Crippen MR) is 77.3 cm³/mol. The van der Waals surface area contributed by atoms with Gasteiger partial charge in [-0.3, -0.25) is 4.68 Å². The minimum absolute atomic E-state index is 0.712. The van der Waals surface area contributed by atoms with E-state index in [1.54, 1.807) is 4.68 Å². The molecule has 0 atom stereocenters. The van der Waals surface area contributed by atoms with Gasteiger partial charge < -0.3 is 10.7 Å². The monoisotopic (exact) mass is 273 g/mol. The maximum atomic E-state index is 6.02. The van der Waals surface area contributed by atoms with Crippen molar-refractivity contribution < 1.29 is 0 Å². The zero-order valence-electron chi connectivity index (χ0n) is 11.1. The van der Waals surface area contributed by atoms with Gasteiger partial charge in [-0.25, -0.2) is 4.98 Å². The second kappa shape index (κ2) is 4.31. The van der Waals surface area contributed by atoms with Gasteiger partial charge in [0, 0.05) is 7.05 Å². The molecule has 0 spiro atoms. The molecule has 3 aromatic rings. The van der Waals surface area contributed by atoms with Crippen molar-refractivity contribution in [1.29, 1.82) is 0 Å². The summed E-state index contributed by atoms with van der Waals surface area (Å²) in [6.07, 6.45) is 0. The highest BCUT2D eigenvalue weighted by atomic mass is 32.2. The van der Waals surface area contributed by atoms with Crippen LogP contribution >= 0.6 is 11.8 Å². The third kappa shape index (κ3) is 2.08. The summed E-state index contributed by atoms with van der Waals surface area (Å²) in [7, 11) is 1.89. The highest BCUT2D eigenvalue weighted by molar-refractivity contribution is 7.99. The van der Waals surface area contributed by atoms with Crippen LogP contribution in [-0.4, -0.2) is 19.7 Å². The van der Waals surface area contributed by atoms with E-state index in [9.17, 15) is 0 Å². The Hall–Kier alpha value is -1.95. The number of H-pyrrole nitrogens is 1. The number of hydrogen-bond donors (Lipinski definition) is 2. The lowest BCUT2D eigenvalue weighted by Gasteiger charge is -1.99. The number of hydrogen-bond acceptors (Lipinski definition) is 4. The Bertz CT molecular complexity index is 756. The largest absolute Gasteiger partial charge is 0.395 e. The number of fused-ring (bicyclic) bond motifs is 1. The van der Waals surface area contributed by atoms with Gasteiger partial charge in [0.15, 0.2) is 5.16 Å². The van der Waals surface area contributed by atoms with Gasteiger partial charge in [-0.05, 0) is 43.3 Å². The Morgan fingerprint density at radius 2 is 2.11 bits per heavy atom. The fourth-order valence-electron chi connectivity index (χ4n) is 2.01. The summed E-state index contributed by atoms with van der Waals surface area (Å²) >= 11 is 1.50. The van der Waals surface area contributed by atoms with Gasteiger partial charge in [-0.2, -0.15) is 5.10 Å². The van der Waals surface area contributed by atoms with Crippen LogP contribution in [0.25, 0.3) is 11.0 Å². The first kappa shape index (κ1) is 12.1. The standard InChI is InChI=1S/C13H15N5S/c1-7-4-5-9-10(6-7)16-13(15-9)19-12-11(14)8(2)17-18(12)3/h4-6H,14H2,1-3H3,(H,15,16). The molecular formula is C13H15N5S. The highest BCUT2D eigenvalue weighted by Gasteiger charge is 2.13. The first-order chi connectivity index (χ1) is 9.04. The average Bonchev–Trinajstić information content (AvgIpc) is 2.85. The summed E-state index contributed by atoms with van der Waals surface area (Å²) in [6, 6.07) is 6.16. The van der Waals surface area contributed by atoms with Gasteiger partial charge in [0.1, 0.15) is 5.03 Å². The van der Waals surface area contributed by atoms with E-state index >= 15 is 0 Å². The van der Waals surface area contributed by atoms with Crippen LogP contribution in [0.5, 0.6) is 0 Å². The van der Waals surface area contributed by atoms with Crippen LogP contribution in [0.15, 0.2) is 28.4 Å². The third-order valence-electron chi connectivity index (χ3n) is 3.02. The van der Waals surface area contributed by atoms with Crippen molar-refractivity contribution >= 4 is 28.5 Å². The van der Waals surface area contributed by atoms with Crippen molar-refractivity contribution in [3.8, 4) is 0 Å². The van der Waals surface area contributed by atoms with E-state index in [1.165, 1.54) is 17.3 Å². The van der Waals surface area contributed by atoms with Crippen molar-refractivity contribution in [2.45, 2.75) is 24.0 Å². The first-order valence-corrected chi connectivity index (χ1v) is 6.79. The van der Waals surface area contributed by atoms with Gasteiger partial charge in [-0.1, -0.05) is 6.07 Å². The molecule has 0 saturated carbocycles.